The second kappa shape index (κ2) is 10.4. The fourth-order valence-corrected chi connectivity index (χ4v) is 8.53. The number of hydrogen-bond acceptors (Lipinski definition) is 7. The monoisotopic (exact) mass is 625 g/mol. The predicted octanol–water partition coefficient (Wildman–Crippen LogP) is 2.35. The van der Waals surface area contributed by atoms with E-state index < -0.39 is 41.5 Å². The average Bonchev–Trinajstić information content (AvgIpc) is 3.75. The lowest BCUT2D eigenvalue weighted by molar-refractivity contribution is -0.315. The van der Waals surface area contributed by atoms with Gasteiger partial charge in [0, 0.05) is 48.2 Å². The highest BCUT2D eigenvalue weighted by molar-refractivity contribution is 6.01. The number of likely N-dealkylation sites (N-methyl/N-ethyl adjacent to an activating group) is 1. The molecule has 3 saturated heterocycles. The van der Waals surface area contributed by atoms with Gasteiger partial charge in [0.25, 0.3) is 11.8 Å². The van der Waals surface area contributed by atoms with E-state index in [-0.39, 0.29) is 18.4 Å². The molecule has 5 aliphatic rings. The molecule has 0 radical (unpaired) electrons. The highest BCUT2D eigenvalue weighted by atomic mass is 16.7. The van der Waals surface area contributed by atoms with Gasteiger partial charge in [0.1, 0.15) is 23.8 Å². The number of H-pyrrole nitrogens is 1. The molecule has 11 heteroatoms. The van der Waals surface area contributed by atoms with E-state index in [1.807, 2.05) is 56.4 Å². The molecule has 3 aromatic rings. The van der Waals surface area contributed by atoms with Gasteiger partial charge in [-0.25, -0.2) is 0 Å². The number of carbonyl (C=O) groups is 3. The molecular formula is C35H39N5O6. The highest BCUT2D eigenvalue weighted by Gasteiger charge is 2.70. The van der Waals surface area contributed by atoms with Crippen molar-refractivity contribution in [3.63, 3.8) is 0 Å². The Labute approximate surface area is 267 Å². The molecule has 11 nitrogen and oxygen atoms in total. The Morgan fingerprint density at radius 3 is 2.76 bits per heavy atom. The average molecular weight is 626 g/mol. The molecule has 3 N–H and O–H groups in total. The number of carbonyl (C=O) groups excluding carboxylic acids is 3. The number of benzene rings is 2. The fourth-order valence-electron chi connectivity index (χ4n) is 8.53. The molecule has 3 fully saturated rings. The third-order valence-corrected chi connectivity index (χ3v) is 10.6. The van der Waals surface area contributed by atoms with Crippen molar-refractivity contribution in [2.24, 2.45) is 5.92 Å². The molecule has 6 atom stereocenters. The van der Waals surface area contributed by atoms with Crippen LogP contribution in [0.25, 0.3) is 16.5 Å². The van der Waals surface area contributed by atoms with Crippen molar-refractivity contribution in [1.82, 2.24) is 25.0 Å². The zero-order chi connectivity index (χ0) is 32.0. The number of aromatic amines is 1. The summed E-state index contributed by atoms with van der Waals surface area (Å²) in [4.78, 5) is 50.9. The summed E-state index contributed by atoms with van der Waals surface area (Å²) in [5, 5.41) is 16.2. The first-order valence-electron chi connectivity index (χ1n) is 16.2. The number of ether oxygens (including phenoxy) is 2. The van der Waals surface area contributed by atoms with Gasteiger partial charge in [0.15, 0.2) is 0 Å². The first-order chi connectivity index (χ1) is 22.1. The molecule has 0 spiro atoms. The molecular weight excluding hydrogens is 586 g/mol. The molecule has 0 bridgehead atoms. The summed E-state index contributed by atoms with van der Waals surface area (Å²) in [6.45, 7) is 4.59. The molecule has 1 aliphatic carbocycles. The van der Waals surface area contributed by atoms with Crippen molar-refractivity contribution in [3.8, 4) is 0 Å². The Morgan fingerprint density at radius 1 is 1.17 bits per heavy atom. The number of rotatable bonds is 6. The smallest absolute Gasteiger partial charge is 0.280 e. The minimum atomic E-state index is -2.08. The van der Waals surface area contributed by atoms with Gasteiger partial charge in [-0.2, -0.15) is 0 Å². The van der Waals surface area contributed by atoms with Gasteiger partial charge in [0.2, 0.25) is 17.5 Å². The van der Waals surface area contributed by atoms with E-state index >= 15 is 0 Å². The number of amides is 3. The molecule has 0 saturated carbocycles. The van der Waals surface area contributed by atoms with Gasteiger partial charge in [-0.3, -0.25) is 28.9 Å². The molecule has 46 heavy (non-hydrogen) atoms. The van der Waals surface area contributed by atoms with Gasteiger partial charge in [0.05, 0.1) is 6.61 Å². The maximum Gasteiger partial charge on any atom is 0.280 e. The Balaban J connectivity index is 1.15. The van der Waals surface area contributed by atoms with Crippen molar-refractivity contribution in [3.05, 3.63) is 77.2 Å². The van der Waals surface area contributed by atoms with Crippen LogP contribution >= 0.6 is 0 Å². The van der Waals surface area contributed by atoms with Crippen LogP contribution in [0.3, 0.4) is 0 Å². The summed E-state index contributed by atoms with van der Waals surface area (Å²) in [6, 6.07) is 13.9. The van der Waals surface area contributed by atoms with Crippen LogP contribution in [0.15, 0.2) is 60.5 Å². The molecule has 8 rings (SSSR count). The molecule has 2 aromatic carbocycles. The van der Waals surface area contributed by atoms with Gasteiger partial charge in [-0.05, 0) is 62.9 Å². The summed E-state index contributed by atoms with van der Waals surface area (Å²) in [6.07, 6.45) is 4.22. The van der Waals surface area contributed by atoms with Crippen molar-refractivity contribution in [1.29, 1.82) is 0 Å². The van der Waals surface area contributed by atoms with Gasteiger partial charge in [-0.15, -0.1) is 0 Å². The van der Waals surface area contributed by atoms with Crippen LogP contribution in [0.1, 0.15) is 43.4 Å². The zero-order valence-electron chi connectivity index (χ0n) is 26.3. The Kier molecular flexibility index (Phi) is 6.62. The largest absolute Gasteiger partial charge is 0.497 e. The number of piperazine rings is 1. The maximum absolute atomic E-state index is 14.4. The minimum Gasteiger partial charge on any atom is -0.497 e. The van der Waals surface area contributed by atoms with Gasteiger partial charge < -0.3 is 25.0 Å². The molecule has 240 valence electrons. The standard InChI is InChI=1S/C35H39N5O6/c1-4-45-30-23(19-38(3)25-17-21-18-36-24-13-8-12-22(28(21)24)29(25)30)31(41)37-34(2)33(43)40-26(16-20-10-6-5-7-11-20)32(42)39-15-9-14-27(39)35(40,44)46-34/h5-8,10-13,18,23,25-27,36,44H,4,9,14-17,19H2,1-3H3,(H,37,41)/t23-,25-,26?,27+,34?,35?/m1/s1. The van der Waals surface area contributed by atoms with Crippen LogP contribution in [0, 0.1) is 5.92 Å². The van der Waals surface area contributed by atoms with E-state index in [0.717, 1.165) is 34.0 Å². The number of nitrogens with zero attached hydrogens (tertiary/aromatic N) is 3. The van der Waals surface area contributed by atoms with E-state index in [2.05, 4.69) is 27.5 Å². The lowest BCUT2D eigenvalue weighted by Crippen LogP contribution is -2.71. The highest BCUT2D eigenvalue weighted by Crippen LogP contribution is 2.47. The zero-order valence-corrected chi connectivity index (χ0v) is 26.3. The Hall–Kier alpha value is -4.19. The van der Waals surface area contributed by atoms with Gasteiger partial charge in [-0.1, -0.05) is 42.5 Å². The van der Waals surface area contributed by atoms with Crippen molar-refractivity contribution >= 4 is 34.2 Å². The van der Waals surface area contributed by atoms with E-state index in [1.165, 1.54) is 17.4 Å². The van der Waals surface area contributed by atoms with Crippen LogP contribution in [0.2, 0.25) is 0 Å². The summed E-state index contributed by atoms with van der Waals surface area (Å²) < 4.78 is 12.6. The van der Waals surface area contributed by atoms with Gasteiger partial charge >= 0.3 is 0 Å². The summed E-state index contributed by atoms with van der Waals surface area (Å²) in [5.74, 6) is -3.53. The summed E-state index contributed by atoms with van der Waals surface area (Å²) in [7, 11) is 2.00. The van der Waals surface area contributed by atoms with Crippen LogP contribution < -0.4 is 5.32 Å². The number of aliphatic hydroxyl groups is 1. The number of nitrogens with one attached hydrogen (secondary N) is 2. The number of fused-ring (bicyclic) bond motifs is 5. The fraction of sp³-hybridized carbons (Fsp3) is 0.457. The third-order valence-electron chi connectivity index (χ3n) is 10.6. The number of aromatic nitrogens is 1. The normalized spacial score (nSPS) is 32.1. The number of hydrogen-bond donors (Lipinski definition) is 3. The first-order valence-corrected chi connectivity index (χ1v) is 16.2. The van der Waals surface area contributed by atoms with Crippen LogP contribution in [-0.4, -0.2) is 99.0 Å². The Bertz CT molecular complexity index is 1790. The minimum absolute atomic E-state index is 0.0206. The van der Waals surface area contributed by atoms with Crippen LogP contribution in [-0.2, 0) is 36.7 Å². The molecule has 3 unspecified atom stereocenters. The Morgan fingerprint density at radius 2 is 1.98 bits per heavy atom. The van der Waals surface area contributed by atoms with E-state index in [9.17, 15) is 19.5 Å². The van der Waals surface area contributed by atoms with Crippen LogP contribution in [0.5, 0.6) is 0 Å². The second-order valence-corrected chi connectivity index (χ2v) is 13.3. The van der Waals surface area contributed by atoms with E-state index in [4.69, 9.17) is 9.47 Å². The topological polar surface area (TPSA) is 127 Å². The lowest BCUT2D eigenvalue weighted by Gasteiger charge is -2.48. The lowest BCUT2D eigenvalue weighted by atomic mass is 9.78. The molecule has 1 aromatic heterocycles. The van der Waals surface area contributed by atoms with E-state index in [1.54, 1.807) is 4.90 Å². The van der Waals surface area contributed by atoms with Crippen molar-refractivity contribution < 1.29 is 29.0 Å². The maximum atomic E-state index is 14.4. The van der Waals surface area contributed by atoms with E-state index in [0.29, 0.717) is 38.3 Å². The summed E-state index contributed by atoms with van der Waals surface area (Å²) in [5.41, 5.74) is 3.22. The van der Waals surface area contributed by atoms with Crippen LogP contribution in [0.4, 0.5) is 0 Å². The quantitative estimate of drug-likeness (QED) is 0.384. The van der Waals surface area contributed by atoms with Crippen molar-refractivity contribution in [2.45, 2.75) is 69.3 Å². The predicted molar refractivity (Wildman–Crippen MR) is 169 cm³/mol. The summed E-state index contributed by atoms with van der Waals surface area (Å²) >= 11 is 0. The van der Waals surface area contributed by atoms with Crippen molar-refractivity contribution in [2.75, 3.05) is 26.7 Å². The molecule has 4 aliphatic heterocycles. The second-order valence-electron chi connectivity index (χ2n) is 13.3. The third kappa shape index (κ3) is 4.11. The first kappa shape index (κ1) is 29.2. The SMILES string of the molecule is CCOC1=C2c3cccc4[nH]cc(c34)C[C@H]2N(C)C[C@H]1C(=O)NC1(C)OC2(O)[C@@H]3CCCN3C(=O)C(Cc3ccccc3)N2C1=O. The molecule has 3 amide bonds. The molecule has 5 heterocycles.